The van der Waals surface area contributed by atoms with E-state index in [0.717, 1.165) is 37.6 Å². The van der Waals surface area contributed by atoms with Crippen LogP contribution < -0.4 is 20.3 Å². The van der Waals surface area contributed by atoms with Crippen molar-refractivity contribution in [1.82, 2.24) is 15.5 Å². The lowest BCUT2D eigenvalue weighted by molar-refractivity contribution is -0.0206. The summed E-state index contributed by atoms with van der Waals surface area (Å²) in [4.78, 5) is 16.4. The maximum absolute atomic E-state index is 12.0. The number of aliphatic hydroxyl groups is 2. The van der Waals surface area contributed by atoms with Crippen LogP contribution in [0.2, 0.25) is 0 Å². The first-order valence-corrected chi connectivity index (χ1v) is 10.5. The van der Waals surface area contributed by atoms with E-state index in [1.54, 1.807) is 7.11 Å². The largest absolute Gasteiger partial charge is 0.495 e. The molecule has 4 atom stereocenters. The molecule has 9 heteroatoms. The Morgan fingerprint density at radius 1 is 1.23 bits per heavy atom. The number of hydrogen-bond acceptors (Lipinski definition) is 7. The Morgan fingerprint density at radius 2 is 1.93 bits per heavy atom. The molecule has 0 aromatic heterocycles. The van der Waals surface area contributed by atoms with Gasteiger partial charge in [-0.15, -0.1) is 0 Å². The fourth-order valence-electron chi connectivity index (χ4n) is 4.25. The van der Waals surface area contributed by atoms with Crippen molar-refractivity contribution in [2.45, 2.75) is 44.2 Å². The number of benzene rings is 1. The molecule has 1 aromatic rings. The van der Waals surface area contributed by atoms with Gasteiger partial charge in [0.25, 0.3) is 0 Å². The zero-order chi connectivity index (χ0) is 21.7. The number of anilines is 1. The van der Waals surface area contributed by atoms with Crippen LogP contribution in [0, 0.1) is 0 Å². The molecule has 168 valence electrons. The van der Waals surface area contributed by atoms with E-state index in [2.05, 4.69) is 20.4 Å². The Hall–Kier alpha value is -2.07. The van der Waals surface area contributed by atoms with Crippen molar-refractivity contribution in [2.75, 3.05) is 51.3 Å². The minimum absolute atomic E-state index is 0.0316. The van der Waals surface area contributed by atoms with Crippen LogP contribution in [0.3, 0.4) is 0 Å². The van der Waals surface area contributed by atoms with E-state index in [0.29, 0.717) is 0 Å². The van der Waals surface area contributed by atoms with Gasteiger partial charge in [-0.05, 0) is 26.0 Å². The lowest BCUT2D eigenvalue weighted by Gasteiger charge is -2.41. The molecule has 2 fully saturated rings. The summed E-state index contributed by atoms with van der Waals surface area (Å²) in [7, 11) is 1.67. The molecule has 2 saturated heterocycles. The molecular formula is C21H34N4O5. The second-order valence-corrected chi connectivity index (χ2v) is 8.08. The number of nitrogens with zero attached hydrogens (tertiary/aromatic N) is 2. The van der Waals surface area contributed by atoms with Crippen molar-refractivity contribution in [3.05, 3.63) is 24.3 Å². The third kappa shape index (κ3) is 5.15. The van der Waals surface area contributed by atoms with Crippen LogP contribution in [-0.4, -0.2) is 98.0 Å². The van der Waals surface area contributed by atoms with Gasteiger partial charge in [0, 0.05) is 38.8 Å². The highest BCUT2D eigenvalue weighted by atomic mass is 16.5. The summed E-state index contributed by atoms with van der Waals surface area (Å²) in [5, 5.41) is 25.9. The highest BCUT2D eigenvalue weighted by molar-refractivity contribution is 5.74. The monoisotopic (exact) mass is 422 g/mol. The van der Waals surface area contributed by atoms with Crippen molar-refractivity contribution in [3.8, 4) is 5.75 Å². The van der Waals surface area contributed by atoms with Gasteiger partial charge in [-0.2, -0.15) is 0 Å². The molecule has 3 rings (SSSR count). The number of nitrogens with one attached hydrogen (secondary N) is 2. The Bertz CT molecular complexity index is 696. The molecule has 2 aliphatic heterocycles. The molecule has 2 aliphatic rings. The number of ether oxygens (including phenoxy) is 2. The molecule has 2 heterocycles. The fraction of sp³-hybridized carbons (Fsp3) is 0.667. The van der Waals surface area contributed by atoms with E-state index in [4.69, 9.17) is 9.47 Å². The molecule has 0 saturated carbocycles. The van der Waals surface area contributed by atoms with Gasteiger partial charge in [0.05, 0.1) is 31.5 Å². The fourth-order valence-corrected chi connectivity index (χ4v) is 4.25. The number of carbonyl (C=O) groups is 1. The zero-order valence-corrected chi connectivity index (χ0v) is 18.0. The molecule has 1 aromatic carbocycles. The second kappa shape index (κ2) is 10.3. The van der Waals surface area contributed by atoms with Gasteiger partial charge >= 0.3 is 6.03 Å². The average molecular weight is 423 g/mol. The van der Waals surface area contributed by atoms with Crippen LogP contribution in [0.15, 0.2) is 24.3 Å². The Morgan fingerprint density at radius 3 is 2.57 bits per heavy atom. The summed E-state index contributed by atoms with van der Waals surface area (Å²) in [6.45, 7) is 6.81. The molecule has 30 heavy (non-hydrogen) atoms. The minimum atomic E-state index is -0.812. The van der Waals surface area contributed by atoms with Gasteiger partial charge < -0.3 is 35.2 Å². The van der Waals surface area contributed by atoms with Crippen molar-refractivity contribution in [2.24, 2.45) is 0 Å². The average Bonchev–Trinajstić information content (AvgIpc) is 3.07. The quantitative estimate of drug-likeness (QED) is 0.491. The molecule has 0 spiro atoms. The third-order valence-corrected chi connectivity index (χ3v) is 5.69. The predicted molar refractivity (Wildman–Crippen MR) is 114 cm³/mol. The summed E-state index contributed by atoms with van der Waals surface area (Å²) < 4.78 is 11.4. The lowest BCUT2D eigenvalue weighted by atomic mass is 10.0. The molecule has 0 bridgehead atoms. The SMILES string of the molecule is COc1ccccc1N1CCN(C2C(CNC(=O)NC(C)C)OC(CO)C2O)CC1. The predicted octanol–water partition coefficient (Wildman–Crippen LogP) is 0.0140. The van der Waals surface area contributed by atoms with Gasteiger partial charge in [-0.25, -0.2) is 4.79 Å². The highest BCUT2D eigenvalue weighted by Crippen LogP contribution is 2.31. The zero-order valence-electron chi connectivity index (χ0n) is 18.0. The molecule has 0 radical (unpaired) electrons. The number of para-hydroxylation sites is 2. The van der Waals surface area contributed by atoms with Gasteiger partial charge in [-0.1, -0.05) is 12.1 Å². The number of urea groups is 1. The smallest absolute Gasteiger partial charge is 0.315 e. The molecule has 4 unspecified atom stereocenters. The van der Waals surface area contributed by atoms with E-state index < -0.39 is 18.3 Å². The first kappa shape index (κ1) is 22.6. The first-order chi connectivity index (χ1) is 14.4. The first-order valence-electron chi connectivity index (χ1n) is 10.5. The number of rotatable bonds is 7. The second-order valence-electron chi connectivity index (χ2n) is 8.08. The Labute approximate surface area is 177 Å². The number of amides is 2. The van der Waals surface area contributed by atoms with Crippen LogP contribution in [0.1, 0.15) is 13.8 Å². The van der Waals surface area contributed by atoms with E-state index >= 15 is 0 Å². The summed E-state index contributed by atoms with van der Waals surface area (Å²) >= 11 is 0. The van der Waals surface area contributed by atoms with Crippen molar-refractivity contribution in [1.29, 1.82) is 0 Å². The van der Waals surface area contributed by atoms with Crippen LogP contribution in [0.4, 0.5) is 10.5 Å². The number of carbonyl (C=O) groups excluding carboxylic acids is 1. The van der Waals surface area contributed by atoms with E-state index in [9.17, 15) is 15.0 Å². The molecule has 0 aliphatic carbocycles. The highest BCUT2D eigenvalue weighted by Gasteiger charge is 2.46. The Balaban J connectivity index is 1.63. The Kier molecular flexibility index (Phi) is 7.76. The molecular weight excluding hydrogens is 388 g/mol. The molecule has 4 N–H and O–H groups in total. The number of methoxy groups -OCH3 is 1. The van der Waals surface area contributed by atoms with Gasteiger partial charge in [0.15, 0.2) is 0 Å². The minimum Gasteiger partial charge on any atom is -0.495 e. The summed E-state index contributed by atoms with van der Waals surface area (Å²) in [6, 6.07) is 7.41. The van der Waals surface area contributed by atoms with Crippen molar-refractivity contribution < 1.29 is 24.5 Å². The normalized spacial score (nSPS) is 27.3. The van der Waals surface area contributed by atoms with Crippen molar-refractivity contribution in [3.63, 3.8) is 0 Å². The molecule has 2 amide bonds. The topological polar surface area (TPSA) is 107 Å². The van der Waals surface area contributed by atoms with Crippen LogP contribution >= 0.6 is 0 Å². The van der Waals surface area contributed by atoms with Gasteiger partial charge in [0.1, 0.15) is 18.0 Å². The summed E-state index contributed by atoms with van der Waals surface area (Å²) in [6.07, 6.45) is -1.86. The maximum Gasteiger partial charge on any atom is 0.315 e. The van der Waals surface area contributed by atoms with Crippen LogP contribution in [-0.2, 0) is 4.74 Å². The van der Waals surface area contributed by atoms with E-state index in [-0.39, 0.29) is 31.3 Å². The lowest BCUT2D eigenvalue weighted by Crippen LogP contribution is -2.58. The number of hydrogen-bond donors (Lipinski definition) is 4. The third-order valence-electron chi connectivity index (χ3n) is 5.69. The maximum atomic E-state index is 12.0. The molecule has 9 nitrogen and oxygen atoms in total. The summed E-state index contributed by atoms with van der Waals surface area (Å²) in [5.74, 6) is 0.841. The van der Waals surface area contributed by atoms with E-state index in [1.165, 1.54) is 0 Å². The van der Waals surface area contributed by atoms with E-state index in [1.807, 2.05) is 38.1 Å². The number of aliphatic hydroxyl groups excluding tert-OH is 2. The summed E-state index contributed by atoms with van der Waals surface area (Å²) in [5.41, 5.74) is 1.06. The number of piperazine rings is 1. The standard InChI is InChI=1S/C21H34N4O5/c1-14(2)23-21(28)22-12-17-19(20(27)18(13-26)30-17)25-10-8-24(9-11-25)15-6-4-5-7-16(15)29-3/h4-7,14,17-20,26-27H,8-13H2,1-3H3,(H2,22,23,28). The van der Waals surface area contributed by atoms with Crippen LogP contribution in [0.25, 0.3) is 0 Å². The van der Waals surface area contributed by atoms with Crippen molar-refractivity contribution >= 4 is 11.7 Å². The van der Waals surface area contributed by atoms with Crippen LogP contribution in [0.5, 0.6) is 5.75 Å². The van der Waals surface area contributed by atoms with Gasteiger partial charge in [0.2, 0.25) is 0 Å². The van der Waals surface area contributed by atoms with Gasteiger partial charge in [-0.3, -0.25) is 4.90 Å².